The molecule has 0 saturated carbocycles. The maximum absolute atomic E-state index is 7.18. The number of rotatable bonds is 2. The molecule has 0 saturated heterocycles. The van der Waals surface area contributed by atoms with Crippen LogP contribution in [0.4, 0.5) is 34.1 Å². The molecule has 5 aliphatic rings. The molecule has 0 radical (unpaired) electrons. The van der Waals surface area contributed by atoms with Gasteiger partial charge >= 0.3 is 351 Å². The van der Waals surface area contributed by atoms with Crippen molar-refractivity contribution in [3.8, 4) is 11.5 Å². The zero-order valence-electron chi connectivity index (χ0n) is 33.6. The van der Waals surface area contributed by atoms with Crippen molar-refractivity contribution >= 4 is 88.1 Å². The van der Waals surface area contributed by atoms with E-state index in [1.165, 1.54) is 84.7 Å². The fourth-order valence-corrected chi connectivity index (χ4v) is 23.6. The summed E-state index contributed by atoms with van der Waals surface area (Å²) in [7, 11) is 0. The summed E-state index contributed by atoms with van der Waals surface area (Å²) in [5.41, 5.74) is 16.8. The second kappa shape index (κ2) is 11.5. The zero-order valence-corrected chi connectivity index (χ0v) is 35.7. The average molecular weight is 817 g/mol. The van der Waals surface area contributed by atoms with Crippen molar-refractivity contribution in [3.05, 3.63) is 198 Å². The summed E-state index contributed by atoms with van der Waals surface area (Å²) in [4.78, 5) is 5.05. The second-order valence-corrected chi connectivity index (χ2v) is 25.7. The molecule has 0 bridgehead atoms. The summed E-state index contributed by atoms with van der Waals surface area (Å²) in [6, 6.07) is 66.7. The molecule has 0 amide bonds. The van der Waals surface area contributed by atoms with Crippen LogP contribution in [0.15, 0.2) is 176 Å². The first-order valence-corrected chi connectivity index (χ1v) is 25.2. The van der Waals surface area contributed by atoms with Crippen molar-refractivity contribution in [2.75, 3.05) is 9.80 Å². The van der Waals surface area contributed by atoms with Crippen LogP contribution in [0.5, 0.6) is 11.5 Å². The quantitative estimate of drug-likeness (QED) is 0.163. The van der Waals surface area contributed by atoms with Gasteiger partial charge in [0.15, 0.2) is 0 Å². The monoisotopic (exact) mass is 818 g/mol. The zero-order chi connectivity index (χ0) is 39.4. The van der Waals surface area contributed by atoms with Gasteiger partial charge in [-0.05, 0) is 0 Å². The Kier molecular flexibility index (Phi) is 6.56. The second-order valence-electron chi connectivity index (χ2n) is 18.0. The molecule has 8 aromatic rings. The molecule has 8 aromatic carbocycles. The Morgan fingerprint density at radius 3 is 1.36 bits per heavy atom. The van der Waals surface area contributed by atoms with Crippen LogP contribution < -0.4 is 48.5 Å². The first-order valence-electron chi connectivity index (χ1n) is 21.0. The number of hydrogen-bond donors (Lipinski definition) is 0. The molecule has 13 rings (SSSR count). The van der Waals surface area contributed by atoms with Gasteiger partial charge in [-0.1, -0.05) is 0 Å². The number of fused-ring (bicyclic) bond motifs is 8. The molecule has 0 aliphatic carbocycles. The minimum atomic E-state index is -3.72. The number of benzene rings is 8. The standard InChI is InChI=1S/C54H41BGeN2O/c1-53(2)36-20-16-21-37-50(36)55-51-38(53)22-17-31-48(51)59-49-33-35(32-39(52(49)55)54(37,3)4)58-46-29-14-10-25-42(46)56(43-26-11-15-30-47(43)58)40-23-8-12-27-44(40)57(34-18-6-5-7-19-34)45-28-13-9-24-41(45)56/h5-33H,1-4H3. The van der Waals surface area contributed by atoms with Crippen LogP contribution in [0, 0.1) is 0 Å². The molecule has 5 aliphatic heterocycles. The Morgan fingerprint density at radius 2 is 0.814 bits per heavy atom. The third-order valence-corrected chi connectivity index (χ3v) is 24.9. The van der Waals surface area contributed by atoms with Crippen molar-refractivity contribution in [2.45, 2.75) is 38.5 Å². The Hall–Kier alpha value is -6.23. The third-order valence-electron chi connectivity index (χ3n) is 14.5. The molecule has 5 heterocycles. The van der Waals surface area contributed by atoms with E-state index < -0.39 is 13.3 Å². The number of para-hydroxylation sites is 5. The number of anilines is 6. The predicted molar refractivity (Wildman–Crippen MR) is 248 cm³/mol. The molecule has 59 heavy (non-hydrogen) atoms. The fraction of sp³-hybridized carbons (Fsp3) is 0.111. The molecular formula is C54H41BGeN2O. The van der Waals surface area contributed by atoms with Crippen molar-refractivity contribution in [1.82, 2.24) is 0 Å². The normalized spacial score (nSPS) is 16.9. The van der Waals surface area contributed by atoms with Crippen LogP contribution in [0.3, 0.4) is 0 Å². The van der Waals surface area contributed by atoms with E-state index in [1.807, 2.05) is 0 Å². The number of ether oxygens (including phenoxy) is 1. The van der Waals surface area contributed by atoms with E-state index in [-0.39, 0.29) is 17.5 Å². The summed E-state index contributed by atoms with van der Waals surface area (Å²) in [6.07, 6.45) is 0. The average Bonchev–Trinajstić information content (AvgIpc) is 3.27. The molecule has 5 heteroatoms. The third kappa shape index (κ3) is 4.06. The molecule has 3 nitrogen and oxygen atoms in total. The molecule has 0 aromatic heterocycles. The van der Waals surface area contributed by atoms with Gasteiger partial charge in [-0.25, -0.2) is 0 Å². The minimum absolute atomic E-state index is 0.127. The number of hydrogen-bond acceptors (Lipinski definition) is 3. The van der Waals surface area contributed by atoms with Crippen LogP contribution in [0.1, 0.15) is 49.9 Å². The summed E-state index contributed by atoms with van der Waals surface area (Å²) in [5.74, 6) is 1.96. The topological polar surface area (TPSA) is 15.7 Å². The predicted octanol–water partition coefficient (Wildman–Crippen LogP) is 8.53. The molecular weight excluding hydrogens is 776 g/mol. The van der Waals surface area contributed by atoms with E-state index in [0.29, 0.717) is 0 Å². The summed E-state index contributed by atoms with van der Waals surface area (Å²) >= 11 is -3.72. The number of nitrogens with zero attached hydrogens (tertiary/aromatic N) is 2. The molecule has 0 atom stereocenters. The van der Waals surface area contributed by atoms with Gasteiger partial charge in [0.2, 0.25) is 0 Å². The van der Waals surface area contributed by atoms with Crippen molar-refractivity contribution in [1.29, 1.82) is 0 Å². The first-order chi connectivity index (χ1) is 28.8. The Labute approximate surface area is 349 Å². The van der Waals surface area contributed by atoms with Crippen molar-refractivity contribution in [3.63, 3.8) is 0 Å². The van der Waals surface area contributed by atoms with Gasteiger partial charge in [-0.3, -0.25) is 0 Å². The fourth-order valence-electron chi connectivity index (χ4n) is 12.1. The van der Waals surface area contributed by atoms with E-state index in [9.17, 15) is 0 Å². The SMILES string of the molecule is CC1(C)c2cccc3c2B2c4c(cc(N5c6cccc[c]6[Ge]6([c]7ccccc7N(c7ccccc7)c7cccc[c]76)[c]6ccccc65)cc4C(C)(C)c4cccc1c42)O3. The molecule has 0 fully saturated rings. The molecule has 0 unspecified atom stereocenters. The Balaban J connectivity index is 1.09. The van der Waals surface area contributed by atoms with Gasteiger partial charge in [-0.15, -0.1) is 0 Å². The van der Waals surface area contributed by atoms with Gasteiger partial charge in [0.25, 0.3) is 0 Å². The van der Waals surface area contributed by atoms with Gasteiger partial charge in [0, 0.05) is 0 Å². The molecule has 1 spiro atoms. The molecule has 0 N–H and O–H groups in total. The summed E-state index contributed by atoms with van der Waals surface area (Å²) in [6.45, 7) is 9.78. The van der Waals surface area contributed by atoms with Crippen molar-refractivity contribution < 1.29 is 4.74 Å². The Bertz CT molecular complexity index is 3040. The Morgan fingerprint density at radius 1 is 0.390 bits per heavy atom. The van der Waals surface area contributed by atoms with E-state index in [1.54, 1.807) is 0 Å². The van der Waals surface area contributed by atoms with Gasteiger partial charge < -0.3 is 0 Å². The van der Waals surface area contributed by atoms with Gasteiger partial charge in [-0.2, -0.15) is 0 Å². The van der Waals surface area contributed by atoms with Crippen LogP contribution in [-0.4, -0.2) is 20.0 Å². The van der Waals surface area contributed by atoms with E-state index in [0.717, 1.165) is 17.2 Å². The van der Waals surface area contributed by atoms with Gasteiger partial charge in [0.05, 0.1) is 0 Å². The van der Waals surface area contributed by atoms with Crippen molar-refractivity contribution in [2.24, 2.45) is 0 Å². The van der Waals surface area contributed by atoms with E-state index in [4.69, 9.17) is 4.74 Å². The summed E-state index contributed by atoms with van der Waals surface area (Å²) < 4.78 is 13.0. The van der Waals surface area contributed by atoms with Gasteiger partial charge in [0.1, 0.15) is 0 Å². The van der Waals surface area contributed by atoms with Crippen LogP contribution in [0.25, 0.3) is 0 Å². The maximum atomic E-state index is 7.18. The van der Waals surface area contributed by atoms with Crippen LogP contribution in [0.2, 0.25) is 0 Å². The van der Waals surface area contributed by atoms with E-state index in [2.05, 4.69) is 213 Å². The van der Waals surface area contributed by atoms with Crippen LogP contribution in [-0.2, 0) is 10.8 Å². The first kappa shape index (κ1) is 33.7. The summed E-state index contributed by atoms with van der Waals surface area (Å²) in [5, 5.41) is 0. The van der Waals surface area contributed by atoms with E-state index >= 15 is 0 Å². The van der Waals surface area contributed by atoms with Crippen LogP contribution >= 0.6 is 0 Å². The molecule has 280 valence electrons.